The summed E-state index contributed by atoms with van der Waals surface area (Å²) in [4.78, 5) is 7.80. The Kier molecular flexibility index (Phi) is 6.71. The fourth-order valence-corrected chi connectivity index (χ4v) is 3.77. The molecule has 1 unspecified atom stereocenters. The van der Waals surface area contributed by atoms with Gasteiger partial charge in [-0.15, -0.1) is 0 Å². The Morgan fingerprint density at radius 1 is 0.889 bits per heavy atom. The zero-order valence-corrected chi connectivity index (χ0v) is 17.4. The van der Waals surface area contributed by atoms with Gasteiger partial charge in [0.15, 0.2) is 0 Å². The Labute approximate surface area is 165 Å². The third-order valence-electron chi connectivity index (χ3n) is 5.44. The third kappa shape index (κ3) is 5.22. The molecular weight excluding hydrogens is 328 g/mol. The van der Waals surface area contributed by atoms with Gasteiger partial charge in [-0.2, -0.15) is 0 Å². The molecule has 27 heavy (non-hydrogen) atoms. The summed E-state index contributed by atoms with van der Waals surface area (Å²) in [5, 5.41) is 0. The summed E-state index contributed by atoms with van der Waals surface area (Å²) in [5.74, 6) is 2.65. The van der Waals surface area contributed by atoms with Gasteiger partial charge in [0, 0.05) is 13.0 Å². The van der Waals surface area contributed by atoms with Crippen molar-refractivity contribution in [1.82, 2.24) is 4.90 Å². The summed E-state index contributed by atoms with van der Waals surface area (Å²) in [7, 11) is 0. The average molecular weight is 363 g/mol. The molecule has 2 nitrogen and oxygen atoms in total. The Morgan fingerprint density at radius 2 is 1.56 bits per heavy atom. The predicted molar refractivity (Wildman–Crippen MR) is 117 cm³/mol. The highest BCUT2D eigenvalue weighted by Gasteiger charge is 2.27. The summed E-state index contributed by atoms with van der Waals surface area (Å²) >= 11 is 0. The number of nitrogens with zero attached hydrogens (tertiary/aromatic N) is 2. The topological polar surface area (TPSA) is 15.6 Å². The van der Waals surface area contributed by atoms with Crippen molar-refractivity contribution in [2.45, 2.75) is 59.4 Å². The van der Waals surface area contributed by atoms with E-state index in [2.05, 4.69) is 87.2 Å². The lowest BCUT2D eigenvalue weighted by Gasteiger charge is -2.34. The van der Waals surface area contributed by atoms with Gasteiger partial charge in [-0.05, 0) is 48.3 Å². The van der Waals surface area contributed by atoms with Crippen LogP contribution in [0.5, 0.6) is 0 Å². The van der Waals surface area contributed by atoms with E-state index in [9.17, 15) is 0 Å². The highest BCUT2D eigenvalue weighted by atomic mass is 15.2. The summed E-state index contributed by atoms with van der Waals surface area (Å²) in [6.07, 6.45) is 4.45. The molecule has 2 heteroatoms. The molecule has 0 N–H and O–H groups in total. The molecule has 0 saturated carbocycles. The van der Waals surface area contributed by atoms with Crippen LogP contribution in [0.25, 0.3) is 0 Å². The molecule has 0 fully saturated rings. The molecule has 2 aromatic carbocycles. The minimum absolute atomic E-state index is 0.361. The largest absolute Gasteiger partial charge is 0.353 e. The highest BCUT2D eigenvalue weighted by Crippen LogP contribution is 2.35. The molecule has 1 heterocycles. The van der Waals surface area contributed by atoms with Crippen molar-refractivity contribution in [1.29, 1.82) is 0 Å². The minimum atomic E-state index is 0.361. The van der Waals surface area contributed by atoms with E-state index in [0.717, 1.165) is 25.1 Å². The zero-order valence-electron chi connectivity index (χ0n) is 17.4. The first-order valence-corrected chi connectivity index (χ1v) is 10.5. The van der Waals surface area contributed by atoms with Gasteiger partial charge in [-0.3, -0.25) is 0 Å². The van der Waals surface area contributed by atoms with E-state index in [1.807, 2.05) is 0 Å². The molecule has 1 aliphatic heterocycles. The molecule has 0 saturated heterocycles. The van der Waals surface area contributed by atoms with E-state index in [1.165, 1.54) is 29.8 Å². The van der Waals surface area contributed by atoms with Crippen molar-refractivity contribution in [3.63, 3.8) is 0 Å². The molecule has 0 bridgehead atoms. The standard InChI is InChI=1S/C25H34N2/c1-19(2)14-15-25-26-23-13-9-8-12-22(23)18-24(21-10-6-5-7-11-21)27(25)17-16-20(3)4/h5-13,19-20,24H,14-18H2,1-4H3. The molecule has 0 aromatic heterocycles. The minimum Gasteiger partial charge on any atom is -0.353 e. The van der Waals surface area contributed by atoms with Crippen LogP contribution in [-0.2, 0) is 6.42 Å². The lowest BCUT2D eigenvalue weighted by Crippen LogP contribution is -2.36. The van der Waals surface area contributed by atoms with Crippen molar-refractivity contribution in [3.8, 4) is 0 Å². The zero-order chi connectivity index (χ0) is 19.2. The normalized spacial score (nSPS) is 17.0. The van der Waals surface area contributed by atoms with Gasteiger partial charge in [0.2, 0.25) is 0 Å². The van der Waals surface area contributed by atoms with E-state index in [0.29, 0.717) is 17.9 Å². The number of rotatable bonds is 7. The van der Waals surface area contributed by atoms with Gasteiger partial charge >= 0.3 is 0 Å². The Hall–Kier alpha value is -2.09. The lowest BCUT2D eigenvalue weighted by molar-refractivity contribution is 0.290. The van der Waals surface area contributed by atoms with Crippen LogP contribution < -0.4 is 0 Å². The second kappa shape index (κ2) is 9.21. The highest BCUT2D eigenvalue weighted by molar-refractivity contribution is 5.86. The molecule has 2 aromatic rings. The third-order valence-corrected chi connectivity index (χ3v) is 5.44. The molecular formula is C25H34N2. The molecule has 0 amide bonds. The van der Waals surface area contributed by atoms with Crippen LogP contribution in [0.1, 0.15) is 64.1 Å². The van der Waals surface area contributed by atoms with E-state index in [1.54, 1.807) is 0 Å². The van der Waals surface area contributed by atoms with Crippen LogP contribution >= 0.6 is 0 Å². The molecule has 3 rings (SSSR count). The molecule has 144 valence electrons. The van der Waals surface area contributed by atoms with Crippen molar-refractivity contribution in [3.05, 3.63) is 65.7 Å². The quantitative estimate of drug-likeness (QED) is 0.529. The number of hydrogen-bond donors (Lipinski definition) is 0. The second-order valence-electron chi connectivity index (χ2n) is 8.60. The van der Waals surface area contributed by atoms with E-state index in [-0.39, 0.29) is 0 Å². The number of benzene rings is 2. The maximum Gasteiger partial charge on any atom is 0.105 e. The second-order valence-corrected chi connectivity index (χ2v) is 8.60. The number of para-hydroxylation sites is 1. The first kappa shape index (κ1) is 19.7. The van der Waals surface area contributed by atoms with Gasteiger partial charge in [-0.1, -0.05) is 76.2 Å². The molecule has 0 spiro atoms. The Morgan fingerprint density at radius 3 is 2.26 bits per heavy atom. The summed E-state index contributed by atoms with van der Waals surface area (Å²) in [6.45, 7) is 10.3. The van der Waals surface area contributed by atoms with Gasteiger partial charge in [-0.25, -0.2) is 4.99 Å². The number of aliphatic imine (C=N–C) groups is 1. The van der Waals surface area contributed by atoms with Gasteiger partial charge in [0.25, 0.3) is 0 Å². The Bertz CT molecular complexity index is 746. The number of hydrogen-bond acceptors (Lipinski definition) is 2. The maximum atomic E-state index is 5.19. The van der Waals surface area contributed by atoms with Crippen LogP contribution in [0.3, 0.4) is 0 Å². The van der Waals surface area contributed by atoms with Gasteiger partial charge < -0.3 is 4.90 Å². The Balaban J connectivity index is 2.02. The summed E-state index contributed by atoms with van der Waals surface area (Å²) in [5.41, 5.74) is 3.92. The molecule has 0 aliphatic carbocycles. The molecule has 1 atom stereocenters. The van der Waals surface area contributed by atoms with Crippen LogP contribution in [0.4, 0.5) is 5.69 Å². The fraction of sp³-hybridized carbons (Fsp3) is 0.480. The van der Waals surface area contributed by atoms with Crippen molar-refractivity contribution in [2.24, 2.45) is 16.8 Å². The number of fused-ring (bicyclic) bond motifs is 1. The fourth-order valence-electron chi connectivity index (χ4n) is 3.77. The monoisotopic (exact) mass is 362 g/mol. The lowest BCUT2D eigenvalue weighted by atomic mass is 9.95. The van der Waals surface area contributed by atoms with Gasteiger partial charge in [0.05, 0.1) is 11.7 Å². The van der Waals surface area contributed by atoms with Crippen LogP contribution in [0.2, 0.25) is 0 Å². The first-order chi connectivity index (χ1) is 13.0. The first-order valence-electron chi connectivity index (χ1n) is 10.5. The molecule has 0 radical (unpaired) electrons. The van der Waals surface area contributed by atoms with Crippen molar-refractivity contribution >= 4 is 11.5 Å². The van der Waals surface area contributed by atoms with Crippen molar-refractivity contribution in [2.75, 3.05) is 6.54 Å². The van der Waals surface area contributed by atoms with Crippen LogP contribution in [-0.4, -0.2) is 17.3 Å². The van der Waals surface area contributed by atoms with E-state index >= 15 is 0 Å². The van der Waals surface area contributed by atoms with Crippen molar-refractivity contribution < 1.29 is 0 Å². The van der Waals surface area contributed by atoms with Crippen LogP contribution in [0, 0.1) is 11.8 Å². The van der Waals surface area contributed by atoms with E-state index in [4.69, 9.17) is 4.99 Å². The SMILES string of the molecule is CC(C)CCC1=Nc2ccccc2CC(c2ccccc2)N1CCC(C)C. The van der Waals surface area contributed by atoms with Gasteiger partial charge in [0.1, 0.15) is 5.84 Å². The summed E-state index contributed by atoms with van der Waals surface area (Å²) < 4.78 is 0. The van der Waals surface area contributed by atoms with Crippen LogP contribution in [0.15, 0.2) is 59.6 Å². The maximum absolute atomic E-state index is 5.19. The number of amidine groups is 1. The average Bonchev–Trinajstić information content (AvgIpc) is 2.82. The smallest absolute Gasteiger partial charge is 0.105 e. The molecule has 1 aliphatic rings. The predicted octanol–water partition coefficient (Wildman–Crippen LogP) is 6.80. The summed E-state index contributed by atoms with van der Waals surface area (Å²) in [6, 6.07) is 20.1. The van der Waals surface area contributed by atoms with E-state index < -0.39 is 0 Å².